The predicted molar refractivity (Wildman–Crippen MR) is 114 cm³/mol. The molecule has 2 aliphatic heterocycles. The molecule has 2 saturated heterocycles. The van der Waals surface area contributed by atoms with Crippen LogP contribution in [-0.4, -0.2) is 59.4 Å². The average molecular weight is 433 g/mol. The summed E-state index contributed by atoms with van der Waals surface area (Å²) in [6.07, 6.45) is 6.49. The largest absolute Gasteiger partial charge is 0.353 e. The molecule has 4 amide bonds. The molecular formula is C22H29ClN4O3. The molecule has 3 fully saturated rings. The van der Waals surface area contributed by atoms with Gasteiger partial charge in [-0.25, -0.2) is 4.79 Å². The van der Waals surface area contributed by atoms with Crippen LogP contribution in [0.5, 0.6) is 0 Å². The second-order valence-electron chi connectivity index (χ2n) is 8.58. The Bertz CT molecular complexity index is 818. The molecular weight excluding hydrogens is 404 g/mol. The molecule has 162 valence electrons. The fraction of sp³-hybridized carbons (Fsp3) is 0.591. The Balaban J connectivity index is 1.39. The number of amides is 4. The van der Waals surface area contributed by atoms with Gasteiger partial charge in [0.1, 0.15) is 12.1 Å². The van der Waals surface area contributed by atoms with Gasteiger partial charge in [-0.1, -0.05) is 43.0 Å². The molecule has 30 heavy (non-hydrogen) atoms. The molecule has 7 nitrogen and oxygen atoms in total. The fourth-order valence-corrected chi connectivity index (χ4v) is 5.15. The first-order valence-electron chi connectivity index (χ1n) is 10.9. The van der Waals surface area contributed by atoms with Crippen LogP contribution in [-0.2, 0) is 9.59 Å². The first-order valence-corrected chi connectivity index (χ1v) is 11.3. The third-order valence-electron chi connectivity index (χ3n) is 6.56. The van der Waals surface area contributed by atoms with Crippen LogP contribution in [0.1, 0.15) is 56.6 Å². The van der Waals surface area contributed by atoms with Crippen molar-refractivity contribution in [3.8, 4) is 0 Å². The first-order chi connectivity index (χ1) is 14.5. The summed E-state index contributed by atoms with van der Waals surface area (Å²) in [5, 5.41) is 6.46. The molecule has 0 bridgehead atoms. The van der Waals surface area contributed by atoms with Crippen molar-refractivity contribution >= 4 is 29.4 Å². The van der Waals surface area contributed by atoms with Crippen molar-refractivity contribution in [2.45, 2.75) is 56.5 Å². The summed E-state index contributed by atoms with van der Waals surface area (Å²) in [5.41, 5.74) is 0.259. The number of nitrogens with zero attached hydrogens (tertiary/aromatic N) is 2. The lowest BCUT2D eigenvalue weighted by Gasteiger charge is -2.30. The van der Waals surface area contributed by atoms with E-state index in [9.17, 15) is 14.4 Å². The fourth-order valence-electron chi connectivity index (χ4n) is 4.95. The van der Waals surface area contributed by atoms with Crippen molar-refractivity contribution in [2.24, 2.45) is 0 Å². The Morgan fingerprint density at radius 2 is 1.87 bits per heavy atom. The lowest BCUT2D eigenvalue weighted by molar-refractivity contribution is -0.135. The van der Waals surface area contributed by atoms with Gasteiger partial charge in [0.05, 0.1) is 6.04 Å². The number of carbonyl (C=O) groups excluding carboxylic acids is 3. The highest BCUT2D eigenvalue weighted by Crippen LogP contribution is 2.33. The molecule has 1 aromatic carbocycles. The molecule has 1 saturated carbocycles. The van der Waals surface area contributed by atoms with Crippen LogP contribution in [0, 0.1) is 0 Å². The van der Waals surface area contributed by atoms with Crippen LogP contribution in [0.25, 0.3) is 0 Å². The number of imide groups is 1. The average Bonchev–Trinajstić information content (AvgIpc) is 3.33. The molecule has 1 aromatic rings. The van der Waals surface area contributed by atoms with E-state index in [1.807, 2.05) is 24.3 Å². The van der Waals surface area contributed by atoms with Gasteiger partial charge < -0.3 is 10.6 Å². The smallest absolute Gasteiger partial charge is 0.325 e. The third kappa shape index (κ3) is 4.32. The van der Waals surface area contributed by atoms with E-state index in [0.717, 1.165) is 55.7 Å². The van der Waals surface area contributed by atoms with Gasteiger partial charge in [0, 0.05) is 11.6 Å². The summed E-state index contributed by atoms with van der Waals surface area (Å²) in [7, 11) is 0. The van der Waals surface area contributed by atoms with Crippen molar-refractivity contribution < 1.29 is 14.4 Å². The van der Waals surface area contributed by atoms with E-state index in [1.54, 1.807) is 0 Å². The molecule has 8 heteroatoms. The van der Waals surface area contributed by atoms with E-state index >= 15 is 0 Å². The number of rotatable bonds is 6. The lowest BCUT2D eigenvalue weighted by atomic mass is 9.82. The number of nitrogens with one attached hydrogen (secondary N) is 2. The zero-order valence-electron chi connectivity index (χ0n) is 17.2. The Labute approximate surface area is 182 Å². The predicted octanol–water partition coefficient (Wildman–Crippen LogP) is 2.85. The first kappa shape index (κ1) is 21.1. The van der Waals surface area contributed by atoms with Gasteiger partial charge in [0.15, 0.2) is 0 Å². The van der Waals surface area contributed by atoms with Crippen molar-refractivity contribution in [2.75, 3.05) is 26.2 Å². The van der Waals surface area contributed by atoms with Crippen LogP contribution < -0.4 is 10.6 Å². The normalized spacial score (nSPS) is 22.4. The monoisotopic (exact) mass is 432 g/mol. The van der Waals surface area contributed by atoms with Crippen molar-refractivity contribution in [1.29, 1.82) is 0 Å². The maximum absolute atomic E-state index is 12.9. The second kappa shape index (κ2) is 8.94. The number of likely N-dealkylation sites (tertiary alicyclic amines) is 1. The van der Waals surface area contributed by atoms with E-state index < -0.39 is 11.6 Å². The van der Waals surface area contributed by atoms with Gasteiger partial charge in [-0.3, -0.25) is 19.4 Å². The summed E-state index contributed by atoms with van der Waals surface area (Å²) in [4.78, 5) is 41.3. The molecule has 1 aliphatic carbocycles. The summed E-state index contributed by atoms with van der Waals surface area (Å²) in [5.74, 6) is -0.578. The zero-order chi connectivity index (χ0) is 21.1. The zero-order valence-corrected chi connectivity index (χ0v) is 17.9. The Kier molecular flexibility index (Phi) is 6.29. The number of hydrogen-bond acceptors (Lipinski definition) is 4. The molecule has 1 unspecified atom stereocenters. The molecule has 2 N–H and O–H groups in total. The van der Waals surface area contributed by atoms with E-state index in [-0.39, 0.29) is 24.4 Å². The highest BCUT2D eigenvalue weighted by Gasteiger charge is 2.51. The van der Waals surface area contributed by atoms with Crippen LogP contribution in [0.15, 0.2) is 24.3 Å². The number of urea groups is 1. The third-order valence-corrected chi connectivity index (χ3v) is 6.80. The second-order valence-corrected chi connectivity index (χ2v) is 9.02. The van der Waals surface area contributed by atoms with Crippen molar-refractivity contribution in [3.63, 3.8) is 0 Å². The summed E-state index contributed by atoms with van der Waals surface area (Å²) < 4.78 is 0. The molecule has 4 rings (SSSR count). The topological polar surface area (TPSA) is 81.8 Å². The Morgan fingerprint density at radius 1 is 1.13 bits per heavy atom. The quantitative estimate of drug-likeness (QED) is 0.677. The SMILES string of the molecule is O=C(CN1C(=O)NC2(CCCCC2)C1=O)NCC(c1cccc(Cl)c1)N1CCCC1. The van der Waals surface area contributed by atoms with E-state index in [4.69, 9.17) is 11.6 Å². The summed E-state index contributed by atoms with van der Waals surface area (Å²) in [6.45, 7) is 2.12. The summed E-state index contributed by atoms with van der Waals surface area (Å²) in [6, 6.07) is 7.26. The van der Waals surface area contributed by atoms with Crippen LogP contribution in [0.2, 0.25) is 5.02 Å². The summed E-state index contributed by atoms with van der Waals surface area (Å²) >= 11 is 6.18. The number of benzene rings is 1. The highest BCUT2D eigenvalue weighted by atomic mass is 35.5. The van der Waals surface area contributed by atoms with E-state index in [1.165, 1.54) is 0 Å². The van der Waals surface area contributed by atoms with Gasteiger partial charge in [-0.2, -0.15) is 0 Å². The van der Waals surface area contributed by atoms with Crippen molar-refractivity contribution in [3.05, 3.63) is 34.9 Å². The van der Waals surface area contributed by atoms with Gasteiger partial charge in [-0.15, -0.1) is 0 Å². The van der Waals surface area contributed by atoms with Gasteiger partial charge in [0.2, 0.25) is 5.91 Å². The Morgan fingerprint density at radius 3 is 2.57 bits per heavy atom. The van der Waals surface area contributed by atoms with Gasteiger partial charge in [-0.05, 0) is 56.5 Å². The van der Waals surface area contributed by atoms with Crippen LogP contribution >= 0.6 is 11.6 Å². The van der Waals surface area contributed by atoms with E-state index in [0.29, 0.717) is 24.4 Å². The number of halogens is 1. The molecule has 0 radical (unpaired) electrons. The maximum atomic E-state index is 12.9. The molecule has 1 atom stereocenters. The number of hydrogen-bond donors (Lipinski definition) is 2. The molecule has 3 aliphatic rings. The molecule has 1 spiro atoms. The lowest BCUT2D eigenvalue weighted by Crippen LogP contribution is -2.49. The van der Waals surface area contributed by atoms with E-state index in [2.05, 4.69) is 15.5 Å². The molecule has 2 heterocycles. The van der Waals surface area contributed by atoms with Crippen LogP contribution in [0.4, 0.5) is 4.79 Å². The minimum atomic E-state index is -0.797. The van der Waals surface area contributed by atoms with Gasteiger partial charge >= 0.3 is 6.03 Å². The maximum Gasteiger partial charge on any atom is 0.325 e. The van der Waals surface area contributed by atoms with Gasteiger partial charge in [0.25, 0.3) is 5.91 Å². The molecule has 0 aromatic heterocycles. The Hall–Kier alpha value is -2.12. The standard InChI is InChI=1S/C22H29ClN4O3/c23-17-8-6-7-16(13-17)18(26-11-4-5-12-26)14-24-19(28)15-27-20(29)22(25-21(27)30)9-2-1-3-10-22/h6-8,13,18H,1-5,9-12,14-15H2,(H,24,28)(H,25,30). The number of carbonyl (C=O) groups is 3. The minimum Gasteiger partial charge on any atom is -0.353 e. The van der Waals surface area contributed by atoms with Crippen LogP contribution in [0.3, 0.4) is 0 Å². The van der Waals surface area contributed by atoms with Crippen molar-refractivity contribution in [1.82, 2.24) is 20.4 Å². The highest BCUT2D eigenvalue weighted by molar-refractivity contribution is 6.30. The minimum absolute atomic E-state index is 0.0166.